The highest BCUT2D eigenvalue weighted by molar-refractivity contribution is 6.09. The highest BCUT2D eigenvalue weighted by Crippen LogP contribution is 2.42. The highest BCUT2D eigenvalue weighted by Gasteiger charge is 2.33. The molecule has 0 spiro atoms. The molecule has 7 aromatic rings. The van der Waals surface area contributed by atoms with Gasteiger partial charge in [-0.25, -0.2) is 0 Å². The van der Waals surface area contributed by atoms with Crippen LogP contribution in [0.15, 0.2) is 152 Å². The number of hydrogen-bond acceptors (Lipinski definition) is 1. The van der Waals surface area contributed by atoms with E-state index in [0.717, 1.165) is 48.1 Å². The number of aromatic nitrogens is 1. The molecule has 0 aliphatic carbocycles. The predicted octanol–water partition coefficient (Wildman–Crippen LogP) is 12.5. The van der Waals surface area contributed by atoms with Crippen LogP contribution in [0.25, 0.3) is 27.5 Å². The zero-order chi connectivity index (χ0) is 34.7. The molecule has 0 amide bonds. The smallest absolute Gasteiger partial charge is 0.140 e. The van der Waals surface area contributed by atoms with Crippen LogP contribution in [-0.2, 0) is 5.60 Å². The van der Waals surface area contributed by atoms with E-state index in [4.69, 9.17) is 0 Å². The Morgan fingerprint density at radius 3 is 1.44 bits per heavy atom. The van der Waals surface area contributed by atoms with Gasteiger partial charge in [-0.1, -0.05) is 156 Å². The molecule has 252 valence electrons. The Kier molecular flexibility index (Phi) is 9.74. The molecule has 50 heavy (non-hydrogen) atoms. The molecule has 0 fully saturated rings. The van der Waals surface area contributed by atoms with Crippen molar-refractivity contribution in [2.75, 3.05) is 0 Å². The molecule has 0 aliphatic rings. The van der Waals surface area contributed by atoms with Crippen molar-refractivity contribution >= 4 is 21.8 Å². The van der Waals surface area contributed by atoms with Crippen LogP contribution in [0, 0.1) is 5.92 Å². The molecule has 1 atom stereocenters. The largest absolute Gasteiger partial charge is 0.376 e. The maximum absolute atomic E-state index is 12.5. The van der Waals surface area contributed by atoms with Crippen molar-refractivity contribution in [3.05, 3.63) is 185 Å². The molecule has 1 aromatic heterocycles. The summed E-state index contributed by atoms with van der Waals surface area (Å²) in [6.07, 6.45) is 4.53. The van der Waals surface area contributed by atoms with Crippen LogP contribution >= 0.6 is 0 Å². The zero-order valence-electron chi connectivity index (χ0n) is 29.9. The number of aliphatic hydroxyl groups is 1. The molecule has 0 saturated carbocycles. The average molecular weight is 656 g/mol. The van der Waals surface area contributed by atoms with Gasteiger partial charge in [0.25, 0.3) is 0 Å². The molecule has 7 rings (SSSR count). The van der Waals surface area contributed by atoms with Gasteiger partial charge in [-0.05, 0) is 94.5 Å². The van der Waals surface area contributed by atoms with Gasteiger partial charge in [0, 0.05) is 22.4 Å². The fourth-order valence-corrected chi connectivity index (χ4v) is 8.41. The first-order chi connectivity index (χ1) is 24.5. The topological polar surface area (TPSA) is 25.2 Å². The van der Waals surface area contributed by atoms with Crippen molar-refractivity contribution in [3.63, 3.8) is 0 Å². The van der Waals surface area contributed by atoms with Crippen molar-refractivity contribution in [2.45, 2.75) is 70.8 Å². The van der Waals surface area contributed by atoms with Crippen molar-refractivity contribution in [1.82, 2.24) is 4.57 Å². The van der Waals surface area contributed by atoms with Crippen molar-refractivity contribution in [3.8, 4) is 5.69 Å². The fraction of sp³-hybridized carbons (Fsp3) is 0.250. The van der Waals surface area contributed by atoms with Gasteiger partial charge in [0.2, 0.25) is 0 Å². The Morgan fingerprint density at radius 2 is 0.940 bits per heavy atom. The van der Waals surface area contributed by atoms with Crippen LogP contribution < -0.4 is 0 Å². The first-order valence-electron chi connectivity index (χ1n) is 18.6. The summed E-state index contributed by atoms with van der Waals surface area (Å²) < 4.78 is 2.41. The summed E-state index contributed by atoms with van der Waals surface area (Å²) >= 11 is 0. The molecule has 0 aliphatic heterocycles. The third-order valence-electron chi connectivity index (χ3n) is 11.2. The predicted molar refractivity (Wildman–Crippen MR) is 211 cm³/mol. The monoisotopic (exact) mass is 655 g/mol. The van der Waals surface area contributed by atoms with Crippen molar-refractivity contribution in [2.24, 2.45) is 5.92 Å². The number of rotatable bonds is 12. The minimum absolute atomic E-state index is 0.337. The van der Waals surface area contributed by atoms with Crippen LogP contribution in [0.2, 0.25) is 0 Å². The second-order valence-corrected chi connectivity index (χ2v) is 13.9. The van der Waals surface area contributed by atoms with E-state index in [0.29, 0.717) is 17.8 Å². The third kappa shape index (κ3) is 5.97. The highest BCUT2D eigenvalue weighted by atomic mass is 16.3. The Balaban J connectivity index is 1.42. The van der Waals surface area contributed by atoms with Gasteiger partial charge < -0.3 is 9.67 Å². The lowest BCUT2D eigenvalue weighted by molar-refractivity contribution is 0.125. The number of fused-ring (bicyclic) bond motifs is 3. The molecule has 0 radical (unpaired) electrons. The molecule has 2 heteroatoms. The van der Waals surface area contributed by atoms with Gasteiger partial charge in [-0.3, -0.25) is 0 Å². The summed E-state index contributed by atoms with van der Waals surface area (Å²) in [7, 11) is 0. The van der Waals surface area contributed by atoms with Gasteiger partial charge in [-0.2, -0.15) is 0 Å². The average Bonchev–Trinajstić information content (AvgIpc) is 3.51. The summed E-state index contributed by atoms with van der Waals surface area (Å²) in [4.78, 5) is 0. The molecule has 1 heterocycles. The van der Waals surface area contributed by atoms with Crippen LogP contribution in [0.4, 0.5) is 0 Å². The van der Waals surface area contributed by atoms with E-state index < -0.39 is 5.60 Å². The van der Waals surface area contributed by atoms with Gasteiger partial charge in [0.15, 0.2) is 0 Å². The van der Waals surface area contributed by atoms with E-state index >= 15 is 0 Å². The number of nitrogens with zero attached hydrogens (tertiary/aromatic N) is 1. The molecular weight excluding hydrogens is 607 g/mol. The normalized spacial score (nSPS) is 12.7. The first-order valence-corrected chi connectivity index (χ1v) is 18.6. The minimum Gasteiger partial charge on any atom is -0.376 e. The maximum Gasteiger partial charge on any atom is 0.140 e. The SMILES string of the molecule is CCC(CC)c1ccc2c(c1)c1cc(C(c3ccccc3)C(CC)CC)ccc1n2-c1ccc(C(O)(c2ccccc2)c2ccccc2)cc1. The summed E-state index contributed by atoms with van der Waals surface area (Å²) in [5, 5.41) is 15.1. The Bertz CT molecular complexity index is 2120. The molecule has 0 bridgehead atoms. The molecule has 0 saturated heterocycles. The summed E-state index contributed by atoms with van der Waals surface area (Å²) in [5.74, 6) is 1.43. The lowest BCUT2D eigenvalue weighted by Crippen LogP contribution is -2.28. The Morgan fingerprint density at radius 1 is 0.480 bits per heavy atom. The third-order valence-corrected chi connectivity index (χ3v) is 11.2. The van der Waals surface area contributed by atoms with Gasteiger partial charge in [0.05, 0.1) is 11.0 Å². The zero-order valence-corrected chi connectivity index (χ0v) is 29.9. The molecular formula is C48H49NO. The summed E-state index contributed by atoms with van der Waals surface area (Å²) in [6, 6.07) is 53.9. The van der Waals surface area contributed by atoms with E-state index in [1.807, 2.05) is 60.7 Å². The Hall–Kier alpha value is -4.92. The standard InChI is InChI=1S/C48H49NO/c1-5-34(6-2)37-24-30-45-43(32-37)44-33-38(47(35(7-3)8-4)36-18-12-9-13-19-36)25-31-46(44)49(45)42-28-26-41(27-29-42)48(50,39-20-14-10-15-21-39)40-22-16-11-17-23-40/h9-35,47,50H,5-8H2,1-4H3. The van der Waals surface area contributed by atoms with Crippen LogP contribution in [-0.4, -0.2) is 9.67 Å². The second-order valence-electron chi connectivity index (χ2n) is 13.9. The van der Waals surface area contributed by atoms with Gasteiger partial charge in [0.1, 0.15) is 5.60 Å². The van der Waals surface area contributed by atoms with Crippen molar-refractivity contribution < 1.29 is 5.11 Å². The van der Waals surface area contributed by atoms with Crippen LogP contribution in [0.3, 0.4) is 0 Å². The quantitative estimate of drug-likeness (QED) is 0.130. The van der Waals surface area contributed by atoms with Gasteiger partial charge >= 0.3 is 0 Å². The van der Waals surface area contributed by atoms with E-state index in [-0.39, 0.29) is 0 Å². The first kappa shape index (κ1) is 33.6. The van der Waals surface area contributed by atoms with Crippen LogP contribution in [0.5, 0.6) is 0 Å². The maximum atomic E-state index is 12.5. The van der Waals surface area contributed by atoms with Crippen LogP contribution in [0.1, 0.15) is 98.6 Å². The lowest BCUT2D eigenvalue weighted by Gasteiger charge is -2.30. The van der Waals surface area contributed by atoms with Crippen molar-refractivity contribution in [1.29, 1.82) is 0 Å². The number of benzene rings is 6. The number of hydrogen-bond donors (Lipinski definition) is 1. The van der Waals surface area contributed by atoms with E-state index in [9.17, 15) is 5.11 Å². The van der Waals surface area contributed by atoms with Gasteiger partial charge in [-0.15, -0.1) is 0 Å². The molecule has 1 unspecified atom stereocenters. The van der Waals surface area contributed by atoms with E-state index in [1.54, 1.807) is 0 Å². The van der Waals surface area contributed by atoms with E-state index in [2.05, 4.69) is 123 Å². The second kappa shape index (κ2) is 14.5. The molecule has 1 N–H and O–H groups in total. The molecule has 6 aromatic carbocycles. The molecule has 2 nitrogen and oxygen atoms in total. The van der Waals surface area contributed by atoms with E-state index in [1.165, 1.54) is 38.5 Å². The summed E-state index contributed by atoms with van der Waals surface area (Å²) in [5.41, 5.74) is 8.95. The fourth-order valence-electron chi connectivity index (χ4n) is 8.41. The summed E-state index contributed by atoms with van der Waals surface area (Å²) in [6.45, 7) is 9.26. The Labute approximate surface area is 298 Å². The minimum atomic E-state index is -1.28. The lowest BCUT2D eigenvalue weighted by atomic mass is 9.78.